The first kappa shape index (κ1) is 16.5. The number of carbonyl (C=O) groups excluding carboxylic acids is 3. The molecule has 2 heterocycles. The minimum atomic E-state index is -0.425. The number of nitrogens with one attached hydrogen (secondary N) is 3. The highest BCUT2D eigenvalue weighted by molar-refractivity contribution is 6.03. The van der Waals surface area contributed by atoms with Crippen molar-refractivity contribution in [3.05, 3.63) is 46.7 Å². The average molecular weight is 317 g/mol. The summed E-state index contributed by atoms with van der Waals surface area (Å²) >= 11 is 0. The minimum absolute atomic E-state index is 0.105. The lowest BCUT2D eigenvalue weighted by Crippen LogP contribution is -2.36. The van der Waals surface area contributed by atoms with Crippen LogP contribution in [0.5, 0.6) is 0 Å². The quantitative estimate of drug-likeness (QED) is 0.702. The molecule has 2 aromatic heterocycles. The van der Waals surface area contributed by atoms with E-state index in [0.29, 0.717) is 28.3 Å². The zero-order valence-electron chi connectivity index (χ0n) is 13.3. The fourth-order valence-corrected chi connectivity index (χ4v) is 2.42. The fraction of sp³-hybridized carbons (Fsp3) is 0.312. The molecule has 0 bridgehead atoms. The van der Waals surface area contributed by atoms with Gasteiger partial charge in [0, 0.05) is 11.3 Å². The molecule has 0 saturated carbocycles. The van der Waals surface area contributed by atoms with Gasteiger partial charge in [0.25, 0.3) is 5.91 Å². The average Bonchev–Trinajstić information content (AvgIpc) is 3.10. The molecule has 7 heteroatoms. The summed E-state index contributed by atoms with van der Waals surface area (Å²) in [6, 6.07) is 3.47. The van der Waals surface area contributed by atoms with Crippen LogP contribution >= 0.6 is 0 Å². The van der Waals surface area contributed by atoms with Crippen molar-refractivity contribution in [2.75, 3.05) is 6.54 Å². The molecule has 0 radical (unpaired) electrons. The number of rotatable bonds is 6. The molecule has 0 unspecified atom stereocenters. The maximum atomic E-state index is 12.1. The zero-order chi connectivity index (χ0) is 17.0. The molecular formula is C16H19N3O4. The summed E-state index contributed by atoms with van der Waals surface area (Å²) in [4.78, 5) is 38.3. The molecule has 0 saturated heterocycles. The first-order valence-electron chi connectivity index (χ1n) is 7.17. The summed E-state index contributed by atoms with van der Waals surface area (Å²) in [6.45, 7) is 4.99. The topological polar surface area (TPSA) is 104 Å². The molecule has 0 atom stereocenters. The number of aromatic nitrogens is 1. The maximum Gasteiger partial charge on any atom is 0.268 e. The van der Waals surface area contributed by atoms with Gasteiger partial charge in [0.05, 0.1) is 19.4 Å². The van der Waals surface area contributed by atoms with Crippen LogP contribution in [-0.4, -0.2) is 29.1 Å². The number of H-pyrrole nitrogens is 1. The molecule has 0 aliphatic heterocycles. The number of carbonyl (C=O) groups is 3. The number of hydrogen-bond donors (Lipinski definition) is 3. The van der Waals surface area contributed by atoms with Gasteiger partial charge >= 0.3 is 0 Å². The molecule has 0 aliphatic carbocycles. The summed E-state index contributed by atoms with van der Waals surface area (Å²) in [7, 11) is 0. The van der Waals surface area contributed by atoms with Gasteiger partial charge in [-0.2, -0.15) is 0 Å². The van der Waals surface area contributed by atoms with Crippen molar-refractivity contribution >= 4 is 17.6 Å². The smallest absolute Gasteiger partial charge is 0.268 e. The Morgan fingerprint density at radius 2 is 1.96 bits per heavy atom. The second-order valence-corrected chi connectivity index (χ2v) is 5.22. The van der Waals surface area contributed by atoms with E-state index < -0.39 is 5.91 Å². The first-order valence-corrected chi connectivity index (χ1v) is 7.17. The van der Waals surface area contributed by atoms with Crippen LogP contribution in [0, 0.1) is 13.8 Å². The molecule has 0 aliphatic rings. The van der Waals surface area contributed by atoms with Crippen LogP contribution in [0.2, 0.25) is 0 Å². The van der Waals surface area contributed by atoms with E-state index in [9.17, 15) is 14.4 Å². The van der Waals surface area contributed by atoms with Gasteiger partial charge in [-0.15, -0.1) is 0 Å². The largest absolute Gasteiger partial charge is 0.467 e. The molecule has 3 N–H and O–H groups in total. The van der Waals surface area contributed by atoms with Crippen LogP contribution < -0.4 is 10.6 Å². The number of hydrogen-bond acceptors (Lipinski definition) is 4. The Morgan fingerprint density at radius 3 is 2.52 bits per heavy atom. The van der Waals surface area contributed by atoms with Crippen molar-refractivity contribution in [3.63, 3.8) is 0 Å². The highest BCUT2D eigenvalue weighted by atomic mass is 16.3. The fourth-order valence-electron chi connectivity index (χ4n) is 2.42. The van der Waals surface area contributed by atoms with Crippen molar-refractivity contribution in [2.45, 2.75) is 27.3 Å². The SMILES string of the molecule is CC(=O)c1c(C)[nH]c(C(=O)NCC(=O)NCc2ccco2)c1C. The van der Waals surface area contributed by atoms with Gasteiger partial charge in [-0.05, 0) is 38.5 Å². The number of furan rings is 1. The molecule has 2 amide bonds. The van der Waals surface area contributed by atoms with Gasteiger partial charge in [0.15, 0.2) is 5.78 Å². The molecular weight excluding hydrogens is 298 g/mol. The van der Waals surface area contributed by atoms with E-state index in [1.807, 2.05) is 0 Å². The summed E-state index contributed by atoms with van der Waals surface area (Å²) < 4.78 is 5.09. The van der Waals surface area contributed by atoms with Gasteiger partial charge < -0.3 is 20.0 Å². The summed E-state index contributed by atoms with van der Waals surface area (Å²) in [5.41, 5.74) is 2.04. The molecule has 0 aromatic carbocycles. The minimum Gasteiger partial charge on any atom is -0.467 e. The summed E-state index contributed by atoms with van der Waals surface area (Å²) in [6.07, 6.45) is 1.52. The Kier molecular flexibility index (Phi) is 5.00. The third-order valence-corrected chi connectivity index (χ3v) is 3.47. The van der Waals surface area contributed by atoms with Gasteiger partial charge in [-0.1, -0.05) is 0 Å². The number of aromatic amines is 1. The number of amides is 2. The first-order chi connectivity index (χ1) is 10.9. The van der Waals surface area contributed by atoms with Crippen molar-refractivity contribution in [2.24, 2.45) is 0 Å². The third-order valence-electron chi connectivity index (χ3n) is 3.47. The molecule has 7 nitrogen and oxygen atoms in total. The summed E-state index contributed by atoms with van der Waals surface area (Å²) in [5, 5.41) is 5.15. The highest BCUT2D eigenvalue weighted by Crippen LogP contribution is 2.18. The van der Waals surface area contributed by atoms with E-state index in [1.165, 1.54) is 13.2 Å². The van der Waals surface area contributed by atoms with Crippen LogP contribution in [0.25, 0.3) is 0 Å². The zero-order valence-corrected chi connectivity index (χ0v) is 13.3. The lowest BCUT2D eigenvalue weighted by molar-refractivity contribution is -0.120. The Balaban J connectivity index is 1.91. The molecule has 0 spiro atoms. The monoisotopic (exact) mass is 317 g/mol. The van der Waals surface area contributed by atoms with E-state index >= 15 is 0 Å². The molecule has 23 heavy (non-hydrogen) atoms. The van der Waals surface area contributed by atoms with E-state index in [1.54, 1.807) is 26.0 Å². The Labute approximate surface area is 133 Å². The van der Waals surface area contributed by atoms with Crippen molar-refractivity contribution in [1.82, 2.24) is 15.6 Å². The van der Waals surface area contributed by atoms with Crippen LogP contribution in [0.4, 0.5) is 0 Å². The third kappa shape index (κ3) is 3.88. The Bertz CT molecular complexity index is 729. The lowest BCUT2D eigenvalue weighted by atomic mass is 10.1. The normalized spacial score (nSPS) is 10.4. The van der Waals surface area contributed by atoms with Crippen molar-refractivity contribution in [3.8, 4) is 0 Å². The molecule has 0 fully saturated rings. The molecule has 122 valence electrons. The standard InChI is InChI=1S/C16H19N3O4/c1-9-14(11(3)20)10(2)19-15(9)16(22)18-8-13(21)17-7-12-5-4-6-23-12/h4-6,19H,7-8H2,1-3H3,(H,17,21)(H,18,22). The van der Waals surface area contributed by atoms with Crippen LogP contribution in [0.1, 0.15) is 44.8 Å². The van der Waals surface area contributed by atoms with Crippen LogP contribution in [0.3, 0.4) is 0 Å². The van der Waals surface area contributed by atoms with Gasteiger partial charge in [0.2, 0.25) is 5.91 Å². The van der Waals surface area contributed by atoms with E-state index in [4.69, 9.17) is 4.42 Å². The second kappa shape index (κ2) is 6.95. The van der Waals surface area contributed by atoms with Crippen molar-refractivity contribution in [1.29, 1.82) is 0 Å². The number of Topliss-reactive ketones (excluding diaryl/α,β-unsaturated/α-hetero) is 1. The van der Waals surface area contributed by atoms with Crippen molar-refractivity contribution < 1.29 is 18.8 Å². The predicted molar refractivity (Wildman–Crippen MR) is 83.2 cm³/mol. The molecule has 2 rings (SSSR count). The highest BCUT2D eigenvalue weighted by Gasteiger charge is 2.20. The maximum absolute atomic E-state index is 12.1. The Hall–Kier alpha value is -2.83. The van der Waals surface area contributed by atoms with E-state index in [2.05, 4.69) is 15.6 Å². The predicted octanol–water partition coefficient (Wildman–Crippen LogP) is 1.47. The van der Waals surface area contributed by atoms with Crippen LogP contribution in [0.15, 0.2) is 22.8 Å². The van der Waals surface area contributed by atoms with Crippen LogP contribution in [-0.2, 0) is 11.3 Å². The van der Waals surface area contributed by atoms with Gasteiger partial charge in [0.1, 0.15) is 11.5 Å². The molecule has 2 aromatic rings. The Morgan fingerprint density at radius 1 is 1.22 bits per heavy atom. The van der Waals surface area contributed by atoms with Gasteiger partial charge in [-0.3, -0.25) is 14.4 Å². The summed E-state index contributed by atoms with van der Waals surface area (Å²) in [5.74, 6) is -0.230. The second-order valence-electron chi connectivity index (χ2n) is 5.22. The van der Waals surface area contributed by atoms with E-state index in [-0.39, 0.29) is 24.8 Å². The number of aryl methyl sites for hydroxylation is 1. The number of ketones is 1. The lowest BCUT2D eigenvalue weighted by Gasteiger charge is -2.06. The van der Waals surface area contributed by atoms with E-state index in [0.717, 1.165) is 0 Å². The van der Waals surface area contributed by atoms with Gasteiger partial charge in [-0.25, -0.2) is 0 Å².